The molecule has 3 rings (SSSR count). The van der Waals surface area contributed by atoms with Crippen molar-refractivity contribution in [3.05, 3.63) is 50.4 Å². The smallest absolute Gasteiger partial charge is 0.0710 e. The summed E-state index contributed by atoms with van der Waals surface area (Å²) in [5.41, 5.74) is 2.24. The number of fused-ring (bicyclic) bond motifs is 1. The Labute approximate surface area is 126 Å². The maximum absolute atomic E-state index is 4.45. The molecule has 0 saturated carbocycles. The van der Waals surface area contributed by atoms with Crippen molar-refractivity contribution in [2.75, 3.05) is 0 Å². The number of benzene rings is 1. The third kappa shape index (κ3) is 2.13. The Morgan fingerprint density at radius 3 is 2.67 bits per heavy atom. The van der Waals surface area contributed by atoms with Crippen LogP contribution in [0.3, 0.4) is 0 Å². The molecule has 18 heavy (non-hydrogen) atoms. The third-order valence-corrected chi connectivity index (χ3v) is 4.88. The second kappa shape index (κ2) is 4.76. The molecule has 3 aromatic rings. The van der Waals surface area contributed by atoms with Crippen LogP contribution in [0, 0.1) is 6.92 Å². The summed E-state index contributed by atoms with van der Waals surface area (Å²) in [5, 5.41) is 1.17. The van der Waals surface area contributed by atoms with E-state index in [1.165, 1.54) is 20.7 Å². The summed E-state index contributed by atoms with van der Waals surface area (Å²) < 4.78 is 2.11. The number of aryl methyl sites for hydroxylation is 1. The molecule has 0 bridgehead atoms. The Hall–Kier alpha value is -0.710. The summed E-state index contributed by atoms with van der Waals surface area (Å²) in [4.78, 5) is 7.04. The molecule has 0 aliphatic carbocycles. The maximum Gasteiger partial charge on any atom is 0.0710 e. The van der Waals surface area contributed by atoms with E-state index >= 15 is 0 Å². The van der Waals surface area contributed by atoms with Crippen LogP contribution in [0.4, 0.5) is 0 Å². The fourth-order valence-electron chi connectivity index (χ4n) is 1.96. The van der Waals surface area contributed by atoms with Crippen molar-refractivity contribution in [3.8, 4) is 10.4 Å². The van der Waals surface area contributed by atoms with Crippen LogP contribution < -0.4 is 0 Å². The SMILES string of the molecule is Cc1ccc(-c2c(Br)cnc3ccc(Br)cc23)s1. The lowest BCUT2D eigenvalue weighted by molar-refractivity contribution is 1.39. The van der Waals surface area contributed by atoms with E-state index in [0.29, 0.717) is 0 Å². The van der Waals surface area contributed by atoms with Crippen LogP contribution in [0.2, 0.25) is 0 Å². The highest BCUT2D eigenvalue weighted by Crippen LogP contribution is 2.38. The van der Waals surface area contributed by atoms with Gasteiger partial charge in [-0.2, -0.15) is 0 Å². The van der Waals surface area contributed by atoms with Gasteiger partial charge in [0.15, 0.2) is 0 Å². The van der Waals surface area contributed by atoms with Crippen LogP contribution in [0.1, 0.15) is 4.88 Å². The Morgan fingerprint density at radius 1 is 1.11 bits per heavy atom. The molecule has 1 aromatic carbocycles. The van der Waals surface area contributed by atoms with Gasteiger partial charge < -0.3 is 0 Å². The van der Waals surface area contributed by atoms with Crippen molar-refractivity contribution in [3.63, 3.8) is 0 Å². The third-order valence-electron chi connectivity index (χ3n) is 2.77. The van der Waals surface area contributed by atoms with Crippen molar-refractivity contribution in [1.29, 1.82) is 0 Å². The number of hydrogen-bond donors (Lipinski definition) is 0. The van der Waals surface area contributed by atoms with Gasteiger partial charge in [-0.3, -0.25) is 4.98 Å². The minimum absolute atomic E-state index is 1.02. The van der Waals surface area contributed by atoms with Gasteiger partial charge in [0.1, 0.15) is 0 Å². The van der Waals surface area contributed by atoms with E-state index < -0.39 is 0 Å². The molecule has 4 heteroatoms. The van der Waals surface area contributed by atoms with Crippen molar-refractivity contribution in [2.45, 2.75) is 6.92 Å². The van der Waals surface area contributed by atoms with Crippen LogP contribution in [-0.2, 0) is 0 Å². The van der Waals surface area contributed by atoms with Crippen LogP contribution in [-0.4, -0.2) is 4.98 Å². The molecule has 2 heterocycles. The molecule has 0 amide bonds. The summed E-state index contributed by atoms with van der Waals surface area (Å²) in [6.45, 7) is 2.13. The molecule has 2 aromatic heterocycles. The van der Waals surface area contributed by atoms with E-state index in [4.69, 9.17) is 0 Å². The van der Waals surface area contributed by atoms with Gasteiger partial charge in [-0.15, -0.1) is 11.3 Å². The summed E-state index contributed by atoms with van der Waals surface area (Å²) >= 11 is 8.95. The molecule has 0 saturated heterocycles. The quantitative estimate of drug-likeness (QED) is 0.518. The zero-order chi connectivity index (χ0) is 12.7. The van der Waals surface area contributed by atoms with Crippen LogP contribution in [0.25, 0.3) is 21.3 Å². The number of pyridine rings is 1. The van der Waals surface area contributed by atoms with Crippen LogP contribution in [0.15, 0.2) is 45.5 Å². The van der Waals surface area contributed by atoms with Gasteiger partial charge in [-0.05, 0) is 53.2 Å². The highest BCUT2D eigenvalue weighted by atomic mass is 79.9. The molecule has 0 aliphatic heterocycles. The lowest BCUT2D eigenvalue weighted by atomic mass is 10.1. The lowest BCUT2D eigenvalue weighted by Gasteiger charge is -2.07. The molecular formula is C14H9Br2NS. The maximum atomic E-state index is 4.45. The van der Waals surface area contributed by atoms with E-state index in [-0.39, 0.29) is 0 Å². The topological polar surface area (TPSA) is 12.9 Å². The number of thiophene rings is 1. The Balaban J connectivity index is 2.39. The van der Waals surface area contributed by atoms with Crippen molar-refractivity contribution < 1.29 is 0 Å². The first kappa shape index (κ1) is 12.3. The van der Waals surface area contributed by atoms with Crippen LogP contribution >= 0.6 is 43.2 Å². The number of halogens is 2. The van der Waals surface area contributed by atoms with Gasteiger partial charge in [-0.1, -0.05) is 15.9 Å². The van der Waals surface area contributed by atoms with E-state index in [0.717, 1.165) is 14.5 Å². The van der Waals surface area contributed by atoms with Gasteiger partial charge in [0.2, 0.25) is 0 Å². The fraction of sp³-hybridized carbons (Fsp3) is 0.0714. The van der Waals surface area contributed by atoms with Gasteiger partial charge in [0.25, 0.3) is 0 Å². The van der Waals surface area contributed by atoms with Gasteiger partial charge >= 0.3 is 0 Å². The van der Waals surface area contributed by atoms with E-state index in [1.54, 1.807) is 11.3 Å². The average molecular weight is 383 g/mol. The standard InChI is InChI=1S/C14H9Br2NS/c1-8-2-5-13(18-8)14-10-6-9(15)3-4-12(10)17-7-11(14)16/h2-7H,1H3. The monoisotopic (exact) mass is 381 g/mol. The Bertz CT molecular complexity index is 728. The van der Waals surface area contributed by atoms with Crippen molar-refractivity contribution in [1.82, 2.24) is 4.98 Å². The second-order valence-corrected chi connectivity index (χ2v) is 7.11. The summed E-state index contributed by atoms with van der Waals surface area (Å²) in [7, 11) is 0. The van der Waals surface area contributed by atoms with Gasteiger partial charge in [-0.25, -0.2) is 0 Å². The summed E-state index contributed by atoms with van der Waals surface area (Å²) in [6.07, 6.45) is 1.88. The van der Waals surface area contributed by atoms with Crippen molar-refractivity contribution in [2.24, 2.45) is 0 Å². The Kier molecular flexibility index (Phi) is 3.26. The molecule has 90 valence electrons. The largest absolute Gasteiger partial charge is 0.255 e. The number of hydrogen-bond acceptors (Lipinski definition) is 2. The molecule has 0 aliphatic rings. The zero-order valence-corrected chi connectivity index (χ0v) is 13.6. The number of rotatable bonds is 1. The zero-order valence-electron chi connectivity index (χ0n) is 9.58. The first-order valence-electron chi connectivity index (χ1n) is 5.46. The molecule has 0 fully saturated rings. The predicted molar refractivity (Wildman–Crippen MR) is 85.2 cm³/mol. The minimum atomic E-state index is 1.02. The average Bonchev–Trinajstić information content (AvgIpc) is 2.75. The molecule has 0 spiro atoms. The highest BCUT2D eigenvalue weighted by molar-refractivity contribution is 9.10. The van der Waals surface area contributed by atoms with E-state index in [9.17, 15) is 0 Å². The van der Waals surface area contributed by atoms with Gasteiger partial charge in [0, 0.05) is 35.8 Å². The molecule has 0 radical (unpaired) electrons. The molecular weight excluding hydrogens is 374 g/mol. The molecule has 1 nitrogen and oxygen atoms in total. The highest BCUT2D eigenvalue weighted by Gasteiger charge is 2.11. The molecule has 0 unspecified atom stereocenters. The fourth-order valence-corrected chi connectivity index (χ4v) is 3.92. The Morgan fingerprint density at radius 2 is 1.94 bits per heavy atom. The number of aromatic nitrogens is 1. The molecule has 0 atom stereocenters. The summed E-state index contributed by atoms with van der Waals surface area (Å²) in [6, 6.07) is 10.5. The first-order chi connectivity index (χ1) is 8.65. The summed E-state index contributed by atoms with van der Waals surface area (Å²) in [5.74, 6) is 0. The normalized spacial score (nSPS) is 11.1. The first-order valence-corrected chi connectivity index (χ1v) is 7.86. The van der Waals surface area contributed by atoms with E-state index in [2.05, 4.69) is 62.0 Å². The van der Waals surface area contributed by atoms with Gasteiger partial charge in [0.05, 0.1) is 5.52 Å². The minimum Gasteiger partial charge on any atom is -0.255 e. The number of nitrogens with zero attached hydrogens (tertiary/aromatic N) is 1. The second-order valence-electron chi connectivity index (χ2n) is 4.05. The van der Waals surface area contributed by atoms with Crippen molar-refractivity contribution >= 4 is 54.1 Å². The lowest BCUT2D eigenvalue weighted by Crippen LogP contribution is -1.85. The van der Waals surface area contributed by atoms with Crippen LogP contribution in [0.5, 0.6) is 0 Å². The predicted octanol–water partition coefficient (Wildman–Crippen LogP) is 5.80. The molecule has 0 N–H and O–H groups in total. The van der Waals surface area contributed by atoms with E-state index in [1.807, 2.05) is 18.3 Å².